The standard InChI is InChI=1S/C16H25NO/c1-4-11-17-13(2)16(9-10-16)12-14-7-5-6-8-15(14)18-3/h5-8,13,17H,4,9-12H2,1-3H3. The van der Waals surface area contributed by atoms with Crippen LogP contribution in [0.2, 0.25) is 0 Å². The summed E-state index contributed by atoms with van der Waals surface area (Å²) < 4.78 is 5.46. The Balaban J connectivity index is 2.04. The molecule has 1 aliphatic rings. The van der Waals surface area contributed by atoms with Gasteiger partial charge in [-0.3, -0.25) is 0 Å². The lowest BCUT2D eigenvalue weighted by Gasteiger charge is -2.25. The summed E-state index contributed by atoms with van der Waals surface area (Å²) in [6, 6.07) is 9.02. The average molecular weight is 247 g/mol. The molecule has 100 valence electrons. The van der Waals surface area contributed by atoms with Crippen molar-refractivity contribution in [1.29, 1.82) is 0 Å². The largest absolute Gasteiger partial charge is 0.496 e. The van der Waals surface area contributed by atoms with Crippen LogP contribution in [0.15, 0.2) is 24.3 Å². The lowest BCUT2D eigenvalue weighted by Crippen LogP contribution is -2.36. The maximum absolute atomic E-state index is 5.46. The Morgan fingerprint density at radius 3 is 2.67 bits per heavy atom. The summed E-state index contributed by atoms with van der Waals surface area (Å²) in [6.07, 6.45) is 5.01. The molecule has 0 amide bonds. The highest BCUT2D eigenvalue weighted by atomic mass is 16.5. The molecule has 0 saturated heterocycles. The van der Waals surface area contributed by atoms with Gasteiger partial charge in [0.05, 0.1) is 7.11 Å². The van der Waals surface area contributed by atoms with Gasteiger partial charge in [-0.1, -0.05) is 25.1 Å². The van der Waals surface area contributed by atoms with Gasteiger partial charge in [0.1, 0.15) is 5.75 Å². The van der Waals surface area contributed by atoms with E-state index in [0.29, 0.717) is 11.5 Å². The van der Waals surface area contributed by atoms with Gasteiger partial charge >= 0.3 is 0 Å². The molecule has 1 N–H and O–H groups in total. The summed E-state index contributed by atoms with van der Waals surface area (Å²) in [5.74, 6) is 1.03. The smallest absolute Gasteiger partial charge is 0.122 e. The van der Waals surface area contributed by atoms with E-state index in [2.05, 4.69) is 37.4 Å². The van der Waals surface area contributed by atoms with Gasteiger partial charge in [0.15, 0.2) is 0 Å². The number of hydrogen-bond donors (Lipinski definition) is 1. The van der Waals surface area contributed by atoms with Gasteiger partial charge in [-0.2, -0.15) is 0 Å². The highest BCUT2D eigenvalue weighted by molar-refractivity contribution is 5.35. The molecule has 1 unspecified atom stereocenters. The topological polar surface area (TPSA) is 21.3 Å². The second kappa shape index (κ2) is 5.75. The molecule has 2 rings (SSSR count). The van der Waals surface area contributed by atoms with Gasteiger partial charge in [-0.05, 0) is 56.2 Å². The Morgan fingerprint density at radius 2 is 2.06 bits per heavy atom. The van der Waals surface area contributed by atoms with Crippen molar-refractivity contribution in [3.05, 3.63) is 29.8 Å². The third kappa shape index (κ3) is 2.86. The summed E-state index contributed by atoms with van der Waals surface area (Å²) >= 11 is 0. The first-order valence-electron chi connectivity index (χ1n) is 7.07. The molecule has 2 nitrogen and oxygen atoms in total. The molecular formula is C16H25NO. The summed E-state index contributed by atoms with van der Waals surface area (Å²) in [7, 11) is 1.76. The monoisotopic (exact) mass is 247 g/mol. The number of benzene rings is 1. The predicted octanol–water partition coefficient (Wildman–Crippen LogP) is 3.41. The highest BCUT2D eigenvalue weighted by Gasteiger charge is 2.47. The minimum absolute atomic E-state index is 0.462. The van der Waals surface area contributed by atoms with Crippen LogP contribution in [0.5, 0.6) is 5.75 Å². The first kappa shape index (κ1) is 13.4. The molecule has 0 aliphatic heterocycles. The fraction of sp³-hybridized carbons (Fsp3) is 0.625. The molecule has 2 heteroatoms. The van der Waals surface area contributed by atoms with Crippen LogP contribution in [0.25, 0.3) is 0 Å². The Bertz CT molecular complexity index is 384. The Hall–Kier alpha value is -1.02. The van der Waals surface area contributed by atoms with Crippen LogP contribution < -0.4 is 10.1 Å². The van der Waals surface area contributed by atoms with Crippen molar-refractivity contribution in [3.8, 4) is 5.75 Å². The zero-order chi connectivity index (χ0) is 13.0. The van der Waals surface area contributed by atoms with Crippen LogP contribution in [-0.4, -0.2) is 19.7 Å². The van der Waals surface area contributed by atoms with E-state index >= 15 is 0 Å². The van der Waals surface area contributed by atoms with Crippen LogP contribution in [0, 0.1) is 5.41 Å². The first-order chi connectivity index (χ1) is 8.72. The van der Waals surface area contributed by atoms with E-state index in [9.17, 15) is 0 Å². The zero-order valence-corrected chi connectivity index (χ0v) is 11.8. The van der Waals surface area contributed by atoms with E-state index in [1.54, 1.807) is 7.11 Å². The average Bonchev–Trinajstić information content (AvgIpc) is 3.17. The van der Waals surface area contributed by atoms with E-state index in [1.165, 1.54) is 24.8 Å². The quantitative estimate of drug-likeness (QED) is 0.797. The maximum atomic E-state index is 5.46. The molecule has 0 heterocycles. The second-order valence-corrected chi connectivity index (χ2v) is 5.53. The Kier molecular flexibility index (Phi) is 4.28. The number of rotatable bonds is 7. The minimum atomic E-state index is 0.462. The molecule has 18 heavy (non-hydrogen) atoms. The lowest BCUT2D eigenvalue weighted by atomic mass is 9.89. The zero-order valence-electron chi connectivity index (χ0n) is 11.8. The minimum Gasteiger partial charge on any atom is -0.496 e. The maximum Gasteiger partial charge on any atom is 0.122 e. The number of para-hydroxylation sites is 1. The van der Waals surface area contributed by atoms with Crippen molar-refractivity contribution >= 4 is 0 Å². The fourth-order valence-electron chi connectivity index (χ4n) is 2.73. The van der Waals surface area contributed by atoms with Crippen molar-refractivity contribution in [2.45, 2.75) is 45.6 Å². The molecule has 1 atom stereocenters. The summed E-state index contributed by atoms with van der Waals surface area (Å²) in [5.41, 5.74) is 1.81. The van der Waals surface area contributed by atoms with E-state index in [-0.39, 0.29) is 0 Å². The van der Waals surface area contributed by atoms with Crippen molar-refractivity contribution in [1.82, 2.24) is 5.32 Å². The van der Waals surface area contributed by atoms with E-state index < -0.39 is 0 Å². The van der Waals surface area contributed by atoms with Gasteiger partial charge in [0.25, 0.3) is 0 Å². The van der Waals surface area contributed by atoms with Gasteiger partial charge in [-0.25, -0.2) is 0 Å². The van der Waals surface area contributed by atoms with Crippen LogP contribution in [0.4, 0.5) is 0 Å². The summed E-state index contributed by atoms with van der Waals surface area (Å²) in [6.45, 7) is 5.67. The third-order valence-corrected chi connectivity index (χ3v) is 4.25. The van der Waals surface area contributed by atoms with Crippen molar-refractivity contribution in [3.63, 3.8) is 0 Å². The van der Waals surface area contributed by atoms with Gasteiger partial charge in [0, 0.05) is 6.04 Å². The predicted molar refractivity (Wildman–Crippen MR) is 76.1 cm³/mol. The molecule has 0 spiro atoms. The van der Waals surface area contributed by atoms with E-state index in [1.807, 2.05) is 6.07 Å². The number of ether oxygens (including phenoxy) is 1. The number of methoxy groups -OCH3 is 1. The molecule has 0 aromatic heterocycles. The van der Waals surface area contributed by atoms with E-state index in [4.69, 9.17) is 4.74 Å². The highest BCUT2D eigenvalue weighted by Crippen LogP contribution is 2.52. The SMILES string of the molecule is CCCNC(C)C1(Cc2ccccc2OC)CC1. The van der Waals surface area contributed by atoms with Crippen molar-refractivity contribution < 1.29 is 4.74 Å². The molecule has 0 radical (unpaired) electrons. The summed E-state index contributed by atoms with van der Waals surface area (Å²) in [5, 5.41) is 3.65. The number of nitrogens with one attached hydrogen (secondary N) is 1. The molecule has 1 aromatic rings. The fourth-order valence-corrected chi connectivity index (χ4v) is 2.73. The molecule has 1 saturated carbocycles. The van der Waals surface area contributed by atoms with Crippen LogP contribution in [-0.2, 0) is 6.42 Å². The van der Waals surface area contributed by atoms with Crippen LogP contribution >= 0.6 is 0 Å². The van der Waals surface area contributed by atoms with Gasteiger partial charge in [0.2, 0.25) is 0 Å². The molecule has 1 aromatic carbocycles. The first-order valence-corrected chi connectivity index (χ1v) is 7.07. The Morgan fingerprint density at radius 1 is 1.33 bits per heavy atom. The van der Waals surface area contributed by atoms with Crippen molar-refractivity contribution in [2.24, 2.45) is 5.41 Å². The summed E-state index contributed by atoms with van der Waals surface area (Å²) in [4.78, 5) is 0. The van der Waals surface area contributed by atoms with Crippen LogP contribution in [0.3, 0.4) is 0 Å². The van der Waals surface area contributed by atoms with Crippen molar-refractivity contribution in [2.75, 3.05) is 13.7 Å². The normalized spacial score (nSPS) is 18.4. The lowest BCUT2D eigenvalue weighted by molar-refractivity contribution is 0.341. The molecular weight excluding hydrogens is 222 g/mol. The van der Waals surface area contributed by atoms with Gasteiger partial charge < -0.3 is 10.1 Å². The van der Waals surface area contributed by atoms with Gasteiger partial charge in [-0.15, -0.1) is 0 Å². The van der Waals surface area contributed by atoms with E-state index in [0.717, 1.165) is 18.7 Å². The third-order valence-electron chi connectivity index (χ3n) is 4.25. The molecule has 0 bridgehead atoms. The van der Waals surface area contributed by atoms with Crippen LogP contribution in [0.1, 0.15) is 38.7 Å². The molecule has 1 aliphatic carbocycles. The molecule has 1 fully saturated rings. The Labute approximate surface area is 111 Å². The number of hydrogen-bond acceptors (Lipinski definition) is 2. The second-order valence-electron chi connectivity index (χ2n) is 5.53.